The lowest BCUT2D eigenvalue weighted by Crippen LogP contribution is -1.93. The average molecular weight is 341 g/mol. The highest BCUT2D eigenvalue weighted by atomic mass is 35.5. The van der Waals surface area contributed by atoms with Crippen LogP contribution in [-0.2, 0) is 0 Å². The van der Waals surface area contributed by atoms with Gasteiger partial charge in [-0.1, -0.05) is 23.7 Å². The van der Waals surface area contributed by atoms with Crippen molar-refractivity contribution in [1.29, 1.82) is 0 Å². The Kier molecular flexibility index (Phi) is 3.28. The van der Waals surface area contributed by atoms with Crippen molar-refractivity contribution in [2.45, 2.75) is 0 Å². The van der Waals surface area contributed by atoms with Crippen LogP contribution in [0.15, 0.2) is 57.4 Å². The monoisotopic (exact) mass is 340 g/mol. The Morgan fingerprint density at radius 1 is 1.29 bits per heavy atom. The van der Waals surface area contributed by atoms with E-state index < -0.39 is 5.91 Å². The summed E-state index contributed by atoms with van der Waals surface area (Å²) < 4.78 is 5.12. The van der Waals surface area contributed by atoms with Crippen LogP contribution >= 0.6 is 11.6 Å². The van der Waals surface area contributed by atoms with E-state index in [2.05, 4.69) is 20.2 Å². The van der Waals surface area contributed by atoms with E-state index >= 15 is 0 Å². The van der Waals surface area contributed by atoms with Crippen LogP contribution in [0.25, 0.3) is 22.0 Å². The van der Waals surface area contributed by atoms with E-state index in [0.717, 1.165) is 0 Å². The molecule has 0 spiro atoms. The van der Waals surface area contributed by atoms with Gasteiger partial charge in [-0.25, -0.2) is 4.98 Å². The van der Waals surface area contributed by atoms with Crippen molar-refractivity contribution in [2.75, 3.05) is 0 Å². The number of benzene rings is 2. The number of amides is 1. The van der Waals surface area contributed by atoms with Gasteiger partial charge in [0.25, 0.3) is 5.91 Å². The number of oxazole rings is 1. The summed E-state index contributed by atoms with van der Waals surface area (Å²) in [6.07, 6.45) is 1.30. The number of H-pyrrole nitrogens is 1. The summed E-state index contributed by atoms with van der Waals surface area (Å²) in [5.41, 5.74) is 2.13. The van der Waals surface area contributed by atoms with Gasteiger partial charge in [0.05, 0.1) is 10.5 Å². The zero-order chi connectivity index (χ0) is 16.7. The van der Waals surface area contributed by atoms with Crippen LogP contribution in [0.1, 0.15) is 10.4 Å². The number of aromatic nitrogens is 2. The number of hydrogen-bond donors (Lipinski definition) is 2. The molecule has 4 aromatic rings. The second kappa shape index (κ2) is 5.47. The summed E-state index contributed by atoms with van der Waals surface area (Å²) >= 11 is 6.05. The number of rotatable bonds is 2. The topological polar surface area (TPSA) is 104 Å². The van der Waals surface area contributed by atoms with Crippen LogP contribution in [0.3, 0.4) is 0 Å². The van der Waals surface area contributed by atoms with Gasteiger partial charge in [-0.2, -0.15) is 0 Å². The normalized spacial score (nSPS) is 11.7. The van der Waals surface area contributed by atoms with E-state index in [1.807, 2.05) is 0 Å². The van der Waals surface area contributed by atoms with Crippen molar-refractivity contribution in [2.24, 2.45) is 10.2 Å². The van der Waals surface area contributed by atoms with Crippen LogP contribution in [0.4, 0.5) is 5.69 Å². The van der Waals surface area contributed by atoms with Gasteiger partial charge in [-0.05, 0) is 24.3 Å². The largest absolute Gasteiger partial charge is 0.493 e. The number of fused-ring (bicyclic) bond motifs is 2. The molecule has 4 rings (SSSR count). The molecule has 0 saturated carbocycles. The molecule has 0 unspecified atom stereocenters. The Hall–Kier alpha value is -3.19. The summed E-state index contributed by atoms with van der Waals surface area (Å²) in [5.74, 6) is -0.766. The van der Waals surface area contributed by atoms with Crippen molar-refractivity contribution in [1.82, 2.24) is 9.97 Å². The molecular formula is C16H9ClN4O3. The maximum atomic E-state index is 12.2. The zero-order valence-electron chi connectivity index (χ0n) is 12.0. The highest BCUT2D eigenvalue weighted by molar-refractivity contribution is 6.35. The summed E-state index contributed by atoms with van der Waals surface area (Å²) in [6.45, 7) is 0. The molecule has 24 heavy (non-hydrogen) atoms. The Morgan fingerprint density at radius 3 is 3.04 bits per heavy atom. The molecule has 0 aliphatic rings. The number of nitrogens with zero attached hydrogens (tertiary/aromatic N) is 3. The maximum Gasteiger partial charge on any atom is 0.295 e. The third-order valence-electron chi connectivity index (χ3n) is 3.55. The Bertz CT molecular complexity index is 1110. The van der Waals surface area contributed by atoms with Crippen molar-refractivity contribution in [3.8, 4) is 5.88 Å². The summed E-state index contributed by atoms with van der Waals surface area (Å²) in [4.78, 5) is 18.9. The van der Waals surface area contributed by atoms with Gasteiger partial charge in [-0.3, -0.25) is 4.79 Å². The molecule has 8 heteroatoms. The number of nitrogens with one attached hydrogen (secondary N) is 1. The minimum absolute atomic E-state index is 0.156. The molecule has 0 saturated heterocycles. The number of halogens is 1. The molecule has 0 atom stereocenters. The summed E-state index contributed by atoms with van der Waals surface area (Å²) in [5, 5.41) is 18.5. The second-order valence-corrected chi connectivity index (χ2v) is 5.43. The lowest BCUT2D eigenvalue weighted by molar-refractivity contribution is 0.0995. The molecule has 0 aliphatic carbocycles. The quantitative estimate of drug-likeness (QED) is 0.520. The molecule has 2 aromatic heterocycles. The third-order valence-corrected chi connectivity index (χ3v) is 3.87. The lowest BCUT2D eigenvalue weighted by Gasteiger charge is -1.95. The number of para-hydroxylation sites is 1. The minimum Gasteiger partial charge on any atom is -0.493 e. The maximum absolute atomic E-state index is 12.2. The first-order valence-electron chi connectivity index (χ1n) is 6.92. The van der Waals surface area contributed by atoms with Gasteiger partial charge in [0.2, 0.25) is 5.88 Å². The third kappa shape index (κ3) is 2.31. The van der Waals surface area contributed by atoms with E-state index in [1.54, 1.807) is 36.4 Å². The van der Waals surface area contributed by atoms with E-state index in [9.17, 15) is 9.90 Å². The van der Waals surface area contributed by atoms with Crippen LogP contribution < -0.4 is 0 Å². The van der Waals surface area contributed by atoms with Crippen molar-refractivity contribution < 1.29 is 14.3 Å². The lowest BCUT2D eigenvalue weighted by atomic mass is 10.2. The Morgan fingerprint density at radius 2 is 2.17 bits per heavy atom. The fraction of sp³-hybridized carbons (Fsp3) is 0. The van der Waals surface area contributed by atoms with Gasteiger partial charge in [-0.15, -0.1) is 10.2 Å². The van der Waals surface area contributed by atoms with E-state index in [-0.39, 0.29) is 11.6 Å². The van der Waals surface area contributed by atoms with Crippen LogP contribution in [-0.4, -0.2) is 21.0 Å². The van der Waals surface area contributed by atoms with Crippen LogP contribution in [0, 0.1) is 0 Å². The number of aromatic amines is 1. The van der Waals surface area contributed by atoms with Gasteiger partial charge >= 0.3 is 0 Å². The standard InChI is InChI=1S/C16H9ClN4O3/c17-10-3-1-2-9-13(10)19-16(23)14(9)20-21-15(22)8-4-5-12-11(6-8)18-7-24-12/h1-7,19,23H. The SMILES string of the molecule is O=C(N=Nc1c(O)[nH]c2c(Cl)cccc12)c1ccc2ocnc2c1. The van der Waals surface area contributed by atoms with Gasteiger partial charge < -0.3 is 14.5 Å². The Balaban J connectivity index is 1.70. The number of carbonyl (C=O) groups excluding carboxylic acids is 1. The molecule has 2 N–H and O–H groups in total. The smallest absolute Gasteiger partial charge is 0.295 e. The van der Waals surface area contributed by atoms with Crippen molar-refractivity contribution in [3.63, 3.8) is 0 Å². The number of azo groups is 1. The molecular weight excluding hydrogens is 332 g/mol. The van der Waals surface area contributed by atoms with Crippen LogP contribution in [0.5, 0.6) is 5.88 Å². The molecule has 0 radical (unpaired) electrons. The highest BCUT2D eigenvalue weighted by Crippen LogP contribution is 2.38. The van der Waals surface area contributed by atoms with E-state index in [0.29, 0.717) is 32.6 Å². The van der Waals surface area contributed by atoms with Crippen LogP contribution in [0.2, 0.25) is 5.02 Å². The molecule has 7 nitrogen and oxygen atoms in total. The summed E-state index contributed by atoms with van der Waals surface area (Å²) in [7, 11) is 0. The van der Waals surface area contributed by atoms with Gasteiger partial charge in [0, 0.05) is 10.9 Å². The first kappa shape index (κ1) is 14.4. The number of aromatic hydroxyl groups is 1. The molecule has 0 aliphatic heterocycles. The summed E-state index contributed by atoms with van der Waals surface area (Å²) in [6, 6.07) is 9.88. The van der Waals surface area contributed by atoms with Crippen molar-refractivity contribution in [3.05, 3.63) is 53.4 Å². The fourth-order valence-electron chi connectivity index (χ4n) is 2.40. The molecule has 2 aromatic carbocycles. The van der Waals surface area contributed by atoms with E-state index in [1.165, 1.54) is 6.39 Å². The average Bonchev–Trinajstić information content (AvgIpc) is 3.17. The molecule has 2 heterocycles. The molecule has 0 fully saturated rings. The molecule has 0 bridgehead atoms. The fourth-order valence-corrected chi connectivity index (χ4v) is 2.62. The Labute approximate surface area is 139 Å². The van der Waals surface area contributed by atoms with E-state index in [4.69, 9.17) is 16.0 Å². The van der Waals surface area contributed by atoms with Gasteiger partial charge in [0.15, 0.2) is 17.7 Å². The molecule has 118 valence electrons. The number of carbonyl (C=O) groups is 1. The zero-order valence-corrected chi connectivity index (χ0v) is 12.8. The highest BCUT2D eigenvalue weighted by Gasteiger charge is 2.13. The second-order valence-electron chi connectivity index (χ2n) is 5.02. The predicted molar refractivity (Wildman–Crippen MR) is 87.8 cm³/mol. The first-order chi connectivity index (χ1) is 11.6. The predicted octanol–water partition coefficient (Wildman–Crippen LogP) is 4.59. The molecule has 1 amide bonds. The minimum atomic E-state index is -0.560. The van der Waals surface area contributed by atoms with Crippen molar-refractivity contribution >= 4 is 45.2 Å². The number of hydrogen-bond acceptors (Lipinski definition) is 5. The first-order valence-corrected chi connectivity index (χ1v) is 7.30. The van der Waals surface area contributed by atoms with Gasteiger partial charge in [0.1, 0.15) is 5.52 Å².